The zero-order valence-electron chi connectivity index (χ0n) is 12.7. The second-order valence-corrected chi connectivity index (χ2v) is 7.51. The summed E-state index contributed by atoms with van der Waals surface area (Å²) >= 11 is 6.25. The highest BCUT2D eigenvalue weighted by Gasteiger charge is 2.58. The lowest BCUT2D eigenvalue weighted by Gasteiger charge is -2.57. The number of rotatable bonds is 0. The van der Waals surface area contributed by atoms with Gasteiger partial charge in [-0.3, -0.25) is 19.7 Å². The average molecular weight is 318 g/mol. The van der Waals surface area contributed by atoms with Crippen LogP contribution in [-0.2, 0) is 4.79 Å². The third-order valence-electron chi connectivity index (χ3n) is 6.16. The molecule has 4 aliphatic heterocycles. The Labute approximate surface area is 135 Å². The number of piperidine rings is 2. The van der Waals surface area contributed by atoms with Gasteiger partial charge in [-0.1, -0.05) is 11.6 Å². The summed E-state index contributed by atoms with van der Waals surface area (Å²) in [6.45, 7) is 2.26. The van der Waals surface area contributed by atoms with Gasteiger partial charge in [-0.15, -0.1) is 0 Å². The van der Waals surface area contributed by atoms with E-state index in [1.807, 2.05) is 18.1 Å². The normalized spacial score (nSPS) is 36.4. The molecular weight excluding hydrogens is 298 g/mol. The Hall–Kier alpha value is -1.26. The molecule has 3 saturated heterocycles. The fourth-order valence-corrected chi connectivity index (χ4v) is 5.52. The number of carbonyl (C=O) groups is 1. The van der Waals surface area contributed by atoms with Crippen molar-refractivity contribution < 1.29 is 4.79 Å². The van der Waals surface area contributed by atoms with Crippen LogP contribution in [0.4, 0.5) is 5.69 Å². The van der Waals surface area contributed by atoms with Gasteiger partial charge in [-0.05, 0) is 56.1 Å². The van der Waals surface area contributed by atoms with E-state index in [-0.39, 0.29) is 11.8 Å². The first-order valence-corrected chi connectivity index (χ1v) is 8.65. The summed E-state index contributed by atoms with van der Waals surface area (Å²) in [5.41, 5.74) is 2.52. The lowest BCUT2D eigenvalue weighted by Crippen LogP contribution is -2.71. The molecular formula is C17H20ClN3O. The number of benzene rings is 1. The standard InChI is InChI=1S/C17H20ClN3O/c1-19-17(22)12-3-2-7-20-8-6-11-13-9-10(18)4-5-14(13)21(19)16(11)15(12)20/h4-5,9,11-12,15-16H,2-3,6-8H2,1H3/t11?,12-,15+,16?/m0/s1. The molecule has 4 atom stereocenters. The predicted octanol–water partition coefficient (Wildman–Crippen LogP) is 2.48. The molecule has 1 aromatic rings. The van der Waals surface area contributed by atoms with Gasteiger partial charge in [0.1, 0.15) is 0 Å². The Kier molecular flexibility index (Phi) is 2.63. The number of carbonyl (C=O) groups excluding carboxylic acids is 1. The third-order valence-corrected chi connectivity index (χ3v) is 6.40. The van der Waals surface area contributed by atoms with E-state index in [9.17, 15) is 4.79 Å². The monoisotopic (exact) mass is 317 g/mol. The van der Waals surface area contributed by atoms with Crippen molar-refractivity contribution in [2.45, 2.75) is 37.3 Å². The van der Waals surface area contributed by atoms with E-state index in [1.165, 1.54) is 17.7 Å². The van der Waals surface area contributed by atoms with E-state index in [1.54, 1.807) is 0 Å². The van der Waals surface area contributed by atoms with E-state index in [4.69, 9.17) is 11.6 Å². The molecule has 0 radical (unpaired) electrons. The summed E-state index contributed by atoms with van der Waals surface area (Å²) in [4.78, 5) is 15.5. The minimum absolute atomic E-state index is 0.174. The second kappa shape index (κ2) is 4.39. The predicted molar refractivity (Wildman–Crippen MR) is 85.9 cm³/mol. The van der Waals surface area contributed by atoms with Crippen LogP contribution in [0.25, 0.3) is 0 Å². The first kappa shape index (κ1) is 13.2. The molecule has 116 valence electrons. The number of halogens is 1. The van der Waals surface area contributed by atoms with E-state index in [0.29, 0.717) is 18.0 Å². The lowest BCUT2D eigenvalue weighted by molar-refractivity contribution is -0.147. The topological polar surface area (TPSA) is 26.8 Å². The molecule has 0 bridgehead atoms. The van der Waals surface area contributed by atoms with Gasteiger partial charge in [-0.2, -0.15) is 0 Å². The molecule has 4 aliphatic rings. The molecule has 0 saturated carbocycles. The van der Waals surface area contributed by atoms with Crippen LogP contribution in [0.1, 0.15) is 30.7 Å². The van der Waals surface area contributed by atoms with Gasteiger partial charge in [0.15, 0.2) is 0 Å². The molecule has 1 amide bonds. The fourth-order valence-electron chi connectivity index (χ4n) is 5.34. The fraction of sp³-hybridized carbons (Fsp3) is 0.588. The zero-order valence-corrected chi connectivity index (χ0v) is 13.5. The van der Waals surface area contributed by atoms with Gasteiger partial charge >= 0.3 is 0 Å². The quantitative estimate of drug-likeness (QED) is 0.735. The molecule has 5 rings (SSSR count). The Morgan fingerprint density at radius 1 is 1.14 bits per heavy atom. The van der Waals surface area contributed by atoms with Crippen LogP contribution in [0.2, 0.25) is 5.02 Å². The minimum Gasteiger partial charge on any atom is -0.297 e. The number of amides is 1. The van der Waals surface area contributed by atoms with Gasteiger partial charge in [-0.25, -0.2) is 0 Å². The summed E-state index contributed by atoms with van der Waals surface area (Å²) in [6.07, 6.45) is 3.36. The van der Waals surface area contributed by atoms with E-state index < -0.39 is 0 Å². The number of hydrazine groups is 1. The van der Waals surface area contributed by atoms with Gasteiger partial charge in [0, 0.05) is 24.0 Å². The molecule has 1 aromatic carbocycles. The minimum atomic E-state index is 0.174. The molecule has 0 N–H and O–H groups in total. The molecule has 0 aliphatic carbocycles. The molecule has 2 unspecified atom stereocenters. The first-order valence-electron chi connectivity index (χ1n) is 8.27. The molecule has 0 aromatic heterocycles. The van der Waals surface area contributed by atoms with E-state index in [0.717, 1.165) is 31.0 Å². The second-order valence-electron chi connectivity index (χ2n) is 7.07. The van der Waals surface area contributed by atoms with Crippen LogP contribution in [0, 0.1) is 5.92 Å². The summed E-state index contributed by atoms with van der Waals surface area (Å²) in [6, 6.07) is 6.93. The van der Waals surface area contributed by atoms with Gasteiger partial charge in [0.05, 0.1) is 17.6 Å². The van der Waals surface area contributed by atoms with Crippen molar-refractivity contribution in [1.82, 2.24) is 9.91 Å². The molecule has 22 heavy (non-hydrogen) atoms. The number of anilines is 1. The third kappa shape index (κ3) is 1.50. The SMILES string of the molecule is CN1C(=O)[C@H]2CCCN3CCC4c5cc(Cl)ccc5N1C4[C@@H]23. The number of hydrogen-bond acceptors (Lipinski definition) is 3. The van der Waals surface area contributed by atoms with Crippen molar-refractivity contribution in [3.8, 4) is 0 Å². The summed E-state index contributed by atoms with van der Waals surface area (Å²) in [5.74, 6) is 0.966. The first-order chi connectivity index (χ1) is 10.7. The van der Waals surface area contributed by atoms with E-state index >= 15 is 0 Å². The molecule has 3 fully saturated rings. The Balaban J connectivity index is 1.69. The Morgan fingerprint density at radius 2 is 2.00 bits per heavy atom. The van der Waals surface area contributed by atoms with Crippen LogP contribution >= 0.6 is 11.6 Å². The summed E-state index contributed by atoms with van der Waals surface area (Å²) in [5, 5.41) is 4.94. The summed E-state index contributed by atoms with van der Waals surface area (Å²) < 4.78 is 0. The van der Waals surface area contributed by atoms with Crippen molar-refractivity contribution in [2.75, 3.05) is 25.1 Å². The van der Waals surface area contributed by atoms with Crippen LogP contribution in [0.5, 0.6) is 0 Å². The maximum atomic E-state index is 12.9. The molecule has 4 nitrogen and oxygen atoms in total. The van der Waals surface area contributed by atoms with Crippen molar-refractivity contribution in [1.29, 1.82) is 0 Å². The van der Waals surface area contributed by atoms with Gasteiger partial charge in [0.25, 0.3) is 0 Å². The smallest absolute Gasteiger partial charge is 0.245 e. The zero-order chi connectivity index (χ0) is 15.0. The highest BCUT2D eigenvalue weighted by Crippen LogP contribution is 2.53. The number of fused-ring (bicyclic) bond motifs is 3. The highest BCUT2D eigenvalue weighted by atomic mass is 35.5. The van der Waals surface area contributed by atoms with Gasteiger partial charge < -0.3 is 0 Å². The molecule has 5 heteroatoms. The van der Waals surface area contributed by atoms with Gasteiger partial charge in [0.2, 0.25) is 5.91 Å². The average Bonchev–Trinajstić information content (AvgIpc) is 2.86. The highest BCUT2D eigenvalue weighted by molar-refractivity contribution is 6.30. The molecule has 0 spiro atoms. The van der Waals surface area contributed by atoms with Crippen molar-refractivity contribution >= 4 is 23.2 Å². The van der Waals surface area contributed by atoms with Crippen molar-refractivity contribution in [3.63, 3.8) is 0 Å². The number of hydrogen-bond donors (Lipinski definition) is 0. The van der Waals surface area contributed by atoms with Crippen LogP contribution in [0.3, 0.4) is 0 Å². The van der Waals surface area contributed by atoms with Crippen molar-refractivity contribution in [2.24, 2.45) is 5.92 Å². The van der Waals surface area contributed by atoms with Crippen molar-refractivity contribution in [3.05, 3.63) is 28.8 Å². The lowest BCUT2D eigenvalue weighted by atomic mass is 9.73. The summed E-state index contributed by atoms with van der Waals surface area (Å²) in [7, 11) is 1.94. The van der Waals surface area contributed by atoms with Crippen LogP contribution in [-0.4, -0.2) is 48.0 Å². The number of nitrogens with zero attached hydrogens (tertiary/aromatic N) is 3. The maximum absolute atomic E-state index is 12.9. The Morgan fingerprint density at radius 3 is 2.86 bits per heavy atom. The van der Waals surface area contributed by atoms with Crippen LogP contribution < -0.4 is 5.01 Å². The molecule has 4 heterocycles. The largest absolute Gasteiger partial charge is 0.297 e. The van der Waals surface area contributed by atoms with E-state index in [2.05, 4.69) is 22.0 Å². The maximum Gasteiger partial charge on any atom is 0.245 e. The van der Waals surface area contributed by atoms with Crippen LogP contribution in [0.15, 0.2) is 18.2 Å². The Bertz CT molecular complexity index is 663.